The molecule has 4 rings (SSSR count). The summed E-state index contributed by atoms with van der Waals surface area (Å²) in [7, 11) is 2.03. The summed E-state index contributed by atoms with van der Waals surface area (Å²) in [6, 6.07) is 3.29. The lowest BCUT2D eigenvalue weighted by Gasteiger charge is -2.39. The van der Waals surface area contributed by atoms with E-state index in [1.54, 1.807) is 16.7 Å². The van der Waals surface area contributed by atoms with Crippen LogP contribution in [0.15, 0.2) is 23.3 Å². The molecule has 1 atom stereocenters. The van der Waals surface area contributed by atoms with Gasteiger partial charge in [0.15, 0.2) is 5.78 Å². The number of likely N-dealkylation sites (N-methyl/N-ethyl adjacent to an activating group) is 1. The summed E-state index contributed by atoms with van der Waals surface area (Å²) in [5, 5.41) is 3.04. The number of Topliss-reactive ketones (excluding diaryl/α,β-unsaturated/α-hetero) is 1. The number of hydrogen-bond acceptors (Lipinski definition) is 7. The van der Waals surface area contributed by atoms with Crippen LogP contribution in [0, 0.1) is 6.92 Å². The maximum absolute atomic E-state index is 13.3. The fourth-order valence-corrected chi connectivity index (χ4v) is 4.34. The van der Waals surface area contributed by atoms with Crippen molar-refractivity contribution in [3.05, 3.63) is 40.1 Å². The molecule has 0 aromatic carbocycles. The topological polar surface area (TPSA) is 106 Å². The minimum absolute atomic E-state index is 0.0488. The number of carbonyl (C=O) groups is 1. The van der Waals surface area contributed by atoms with Crippen molar-refractivity contribution in [1.82, 2.24) is 19.4 Å². The number of aromatic nitrogens is 3. The normalized spacial score (nSPS) is 22.6. The molecule has 3 N–H and O–H groups in total. The van der Waals surface area contributed by atoms with Gasteiger partial charge in [-0.1, -0.05) is 0 Å². The average molecular weight is 354 g/mol. The monoisotopic (exact) mass is 354 g/mol. The number of piperidine rings is 1. The second-order valence-corrected chi connectivity index (χ2v) is 7.35. The van der Waals surface area contributed by atoms with Crippen molar-refractivity contribution in [2.45, 2.75) is 31.7 Å². The lowest BCUT2D eigenvalue weighted by atomic mass is 9.87. The number of rotatable bonds is 2. The van der Waals surface area contributed by atoms with Crippen LogP contribution in [0.25, 0.3) is 0 Å². The number of ketones is 1. The maximum Gasteiger partial charge on any atom is 0.275 e. The third kappa shape index (κ3) is 2.57. The molecule has 136 valence electrons. The molecule has 1 unspecified atom stereocenters. The third-order valence-corrected chi connectivity index (χ3v) is 5.32. The second-order valence-electron chi connectivity index (χ2n) is 7.35. The summed E-state index contributed by atoms with van der Waals surface area (Å²) in [6.45, 7) is 3.56. The summed E-state index contributed by atoms with van der Waals surface area (Å²) in [5.41, 5.74) is 6.78. The number of nitrogen functional groups attached to an aromatic ring is 1. The summed E-state index contributed by atoms with van der Waals surface area (Å²) in [5.74, 6) is 0.822. The SMILES string of the molecule is Cc1cc(Nc2cc(N)ncn2)c(=O)n2c1C(=O)CC21CCCN(C)C1. The highest BCUT2D eigenvalue weighted by atomic mass is 16.1. The van der Waals surface area contributed by atoms with E-state index in [1.165, 1.54) is 6.33 Å². The van der Waals surface area contributed by atoms with Crippen molar-refractivity contribution >= 4 is 23.1 Å². The molecule has 0 amide bonds. The molecule has 2 aromatic rings. The number of aryl methyl sites for hydroxylation is 1. The van der Waals surface area contributed by atoms with Crippen LogP contribution in [0.3, 0.4) is 0 Å². The van der Waals surface area contributed by atoms with E-state index in [0.29, 0.717) is 36.0 Å². The molecular weight excluding hydrogens is 332 g/mol. The van der Waals surface area contributed by atoms with E-state index in [9.17, 15) is 9.59 Å². The van der Waals surface area contributed by atoms with E-state index in [-0.39, 0.29) is 11.3 Å². The van der Waals surface area contributed by atoms with Crippen LogP contribution in [-0.4, -0.2) is 45.4 Å². The van der Waals surface area contributed by atoms with E-state index in [0.717, 1.165) is 24.9 Å². The summed E-state index contributed by atoms with van der Waals surface area (Å²) < 4.78 is 1.73. The quantitative estimate of drug-likeness (QED) is 0.837. The van der Waals surface area contributed by atoms with Crippen LogP contribution < -0.4 is 16.6 Å². The van der Waals surface area contributed by atoms with Gasteiger partial charge in [-0.3, -0.25) is 14.2 Å². The van der Waals surface area contributed by atoms with Crippen molar-refractivity contribution in [2.24, 2.45) is 0 Å². The van der Waals surface area contributed by atoms with Crippen LogP contribution in [0.1, 0.15) is 35.3 Å². The number of pyridine rings is 1. The van der Waals surface area contributed by atoms with Gasteiger partial charge in [-0.2, -0.15) is 0 Å². The number of nitrogens with one attached hydrogen (secondary N) is 1. The number of likely N-dealkylation sites (tertiary alicyclic amines) is 1. The number of nitrogens with two attached hydrogens (primary N) is 1. The van der Waals surface area contributed by atoms with E-state index in [4.69, 9.17) is 5.73 Å². The Bertz CT molecular complexity index is 953. The number of anilines is 3. The van der Waals surface area contributed by atoms with Gasteiger partial charge in [-0.15, -0.1) is 0 Å². The highest BCUT2D eigenvalue weighted by Crippen LogP contribution is 2.39. The molecule has 0 radical (unpaired) electrons. The molecule has 2 aliphatic rings. The Morgan fingerprint density at radius 1 is 1.27 bits per heavy atom. The Morgan fingerprint density at radius 3 is 2.81 bits per heavy atom. The minimum Gasteiger partial charge on any atom is -0.384 e. The predicted molar refractivity (Wildman–Crippen MR) is 98.8 cm³/mol. The first-order valence-electron chi connectivity index (χ1n) is 8.73. The summed E-state index contributed by atoms with van der Waals surface area (Å²) in [4.78, 5) is 36.1. The van der Waals surface area contributed by atoms with Gasteiger partial charge < -0.3 is 16.0 Å². The summed E-state index contributed by atoms with van der Waals surface area (Å²) in [6.07, 6.45) is 3.53. The molecule has 8 heteroatoms. The van der Waals surface area contributed by atoms with Gasteiger partial charge in [0.25, 0.3) is 5.56 Å². The minimum atomic E-state index is -0.455. The molecule has 0 saturated carbocycles. The molecule has 1 spiro atoms. The Labute approximate surface area is 151 Å². The lowest BCUT2D eigenvalue weighted by Crippen LogP contribution is -2.50. The summed E-state index contributed by atoms with van der Waals surface area (Å²) >= 11 is 0. The maximum atomic E-state index is 13.3. The molecule has 0 aliphatic carbocycles. The van der Waals surface area contributed by atoms with Crippen molar-refractivity contribution in [1.29, 1.82) is 0 Å². The van der Waals surface area contributed by atoms with Gasteiger partial charge in [0, 0.05) is 19.0 Å². The molecule has 2 aromatic heterocycles. The lowest BCUT2D eigenvalue weighted by molar-refractivity contribution is 0.0887. The highest BCUT2D eigenvalue weighted by molar-refractivity contribution is 5.99. The van der Waals surface area contributed by atoms with Crippen LogP contribution >= 0.6 is 0 Å². The van der Waals surface area contributed by atoms with Crippen molar-refractivity contribution < 1.29 is 4.79 Å². The smallest absolute Gasteiger partial charge is 0.275 e. The van der Waals surface area contributed by atoms with Gasteiger partial charge in [0.2, 0.25) is 0 Å². The van der Waals surface area contributed by atoms with Crippen molar-refractivity contribution in [2.75, 3.05) is 31.2 Å². The third-order valence-electron chi connectivity index (χ3n) is 5.32. The molecule has 8 nitrogen and oxygen atoms in total. The highest BCUT2D eigenvalue weighted by Gasteiger charge is 2.46. The molecule has 4 heterocycles. The molecule has 26 heavy (non-hydrogen) atoms. The van der Waals surface area contributed by atoms with E-state index < -0.39 is 5.54 Å². The predicted octanol–water partition coefficient (Wildman–Crippen LogP) is 1.28. The van der Waals surface area contributed by atoms with Crippen LogP contribution in [0.2, 0.25) is 0 Å². The fourth-order valence-electron chi connectivity index (χ4n) is 4.34. The number of hydrogen-bond donors (Lipinski definition) is 2. The zero-order valence-corrected chi connectivity index (χ0v) is 15.0. The first kappa shape index (κ1) is 16.7. The Morgan fingerprint density at radius 2 is 2.08 bits per heavy atom. The molecule has 0 bridgehead atoms. The Hall–Kier alpha value is -2.74. The van der Waals surface area contributed by atoms with Crippen LogP contribution in [0.4, 0.5) is 17.3 Å². The first-order valence-corrected chi connectivity index (χ1v) is 8.73. The van der Waals surface area contributed by atoms with E-state index in [1.807, 2.05) is 14.0 Å². The van der Waals surface area contributed by atoms with Gasteiger partial charge in [-0.25, -0.2) is 9.97 Å². The van der Waals surface area contributed by atoms with Crippen molar-refractivity contribution in [3.63, 3.8) is 0 Å². The zero-order chi connectivity index (χ0) is 18.5. The number of carbonyl (C=O) groups excluding carboxylic acids is 1. The second kappa shape index (κ2) is 5.91. The van der Waals surface area contributed by atoms with Crippen LogP contribution in [-0.2, 0) is 5.54 Å². The van der Waals surface area contributed by atoms with Gasteiger partial charge in [0.1, 0.15) is 23.7 Å². The van der Waals surface area contributed by atoms with E-state index in [2.05, 4.69) is 20.2 Å². The standard InChI is InChI=1S/C18H22N6O2/c1-11-6-12(22-15-7-14(19)20-10-21-15)17(26)24-16(11)13(25)8-18(24)4-3-5-23(2)9-18/h6-7,10H,3-5,8-9H2,1-2H3,(H3,19,20,21,22). The fraction of sp³-hybridized carbons (Fsp3) is 0.444. The van der Waals surface area contributed by atoms with Gasteiger partial charge >= 0.3 is 0 Å². The molecule has 2 aliphatic heterocycles. The zero-order valence-electron chi connectivity index (χ0n) is 15.0. The van der Waals surface area contributed by atoms with Crippen molar-refractivity contribution in [3.8, 4) is 0 Å². The average Bonchev–Trinajstić information content (AvgIpc) is 2.84. The van der Waals surface area contributed by atoms with E-state index >= 15 is 0 Å². The van der Waals surface area contributed by atoms with Gasteiger partial charge in [-0.05, 0) is 45.0 Å². The largest absolute Gasteiger partial charge is 0.384 e. The first-order chi connectivity index (χ1) is 12.4. The molecule has 1 saturated heterocycles. The number of nitrogens with zero attached hydrogens (tertiary/aromatic N) is 4. The molecular formula is C18H22N6O2. The Balaban J connectivity index is 1.84. The Kier molecular flexibility index (Phi) is 3.80. The van der Waals surface area contributed by atoms with Gasteiger partial charge in [0.05, 0.1) is 11.2 Å². The number of fused-ring (bicyclic) bond motifs is 2. The molecule has 1 fully saturated rings. The van der Waals surface area contributed by atoms with Crippen LogP contribution in [0.5, 0.6) is 0 Å².